The van der Waals surface area contributed by atoms with Crippen molar-refractivity contribution in [3.63, 3.8) is 0 Å². The van der Waals surface area contributed by atoms with Gasteiger partial charge < -0.3 is 5.32 Å². The van der Waals surface area contributed by atoms with Crippen LogP contribution in [0.25, 0.3) is 0 Å². The fourth-order valence-corrected chi connectivity index (χ4v) is 4.02. The normalized spacial score (nSPS) is 15.4. The first-order valence-electron chi connectivity index (χ1n) is 7.66. The Morgan fingerprint density at radius 3 is 2.60 bits per heavy atom. The highest BCUT2D eigenvalue weighted by atomic mass is 32.2. The lowest BCUT2D eigenvalue weighted by atomic mass is 10.0. The predicted octanol–water partition coefficient (Wildman–Crippen LogP) is 2.89. The maximum atomic E-state index is 13.8. The summed E-state index contributed by atoms with van der Waals surface area (Å²) in [5.74, 6) is -1.65. The van der Waals surface area contributed by atoms with Gasteiger partial charge in [-0.1, -0.05) is 6.07 Å². The van der Waals surface area contributed by atoms with Gasteiger partial charge in [0.1, 0.15) is 11.6 Å². The molecule has 0 fully saturated rings. The number of amides is 1. The third kappa shape index (κ3) is 3.69. The molecule has 0 radical (unpaired) electrons. The highest BCUT2D eigenvalue weighted by molar-refractivity contribution is 7.89. The first-order chi connectivity index (χ1) is 11.8. The van der Waals surface area contributed by atoms with Crippen molar-refractivity contribution >= 4 is 21.6 Å². The quantitative estimate of drug-likeness (QED) is 0.874. The van der Waals surface area contributed by atoms with Crippen molar-refractivity contribution in [2.24, 2.45) is 0 Å². The molecule has 0 bridgehead atoms. The summed E-state index contributed by atoms with van der Waals surface area (Å²) in [5, 5.41) is 2.68. The maximum Gasteiger partial charge on any atom is 0.241 e. The van der Waals surface area contributed by atoms with Gasteiger partial charge in [0.25, 0.3) is 0 Å². The van der Waals surface area contributed by atoms with E-state index in [0.717, 1.165) is 11.6 Å². The minimum absolute atomic E-state index is 0.0248. The number of carbonyl (C=O) groups excluding carboxylic acids is 1. The van der Waals surface area contributed by atoms with E-state index >= 15 is 0 Å². The van der Waals surface area contributed by atoms with Crippen LogP contribution in [0, 0.1) is 11.6 Å². The Morgan fingerprint density at radius 2 is 1.88 bits per heavy atom. The van der Waals surface area contributed by atoms with E-state index in [1.54, 1.807) is 0 Å². The van der Waals surface area contributed by atoms with E-state index in [2.05, 4.69) is 10.0 Å². The summed E-state index contributed by atoms with van der Waals surface area (Å²) in [6.45, 7) is 1.48. The molecule has 0 aromatic heterocycles. The average Bonchev–Trinajstić information content (AvgIpc) is 2.53. The number of rotatable bonds is 4. The molecular weight excluding hydrogens is 350 g/mol. The molecular formula is C17H16F2N2O3S. The van der Waals surface area contributed by atoms with Crippen molar-refractivity contribution < 1.29 is 22.0 Å². The van der Waals surface area contributed by atoms with Crippen LogP contribution in [-0.2, 0) is 21.2 Å². The summed E-state index contributed by atoms with van der Waals surface area (Å²) >= 11 is 0. The summed E-state index contributed by atoms with van der Waals surface area (Å²) in [6, 6.07) is 6.52. The number of anilines is 1. The fraction of sp³-hybridized carbons (Fsp3) is 0.235. The molecule has 0 unspecified atom stereocenters. The van der Waals surface area contributed by atoms with Gasteiger partial charge in [-0.05, 0) is 43.2 Å². The van der Waals surface area contributed by atoms with Crippen LogP contribution in [0.4, 0.5) is 14.5 Å². The number of carbonyl (C=O) groups is 1. The largest absolute Gasteiger partial charge is 0.326 e. The average molecular weight is 366 g/mol. The van der Waals surface area contributed by atoms with Crippen LogP contribution in [0.1, 0.15) is 30.5 Å². The molecule has 0 spiro atoms. The second-order valence-corrected chi connectivity index (χ2v) is 7.59. The Bertz CT molecular complexity index is 945. The SMILES string of the molecule is C[C@H](NS(=O)(=O)c1ccc2c(c1)CCC(=O)N2)c1ccc(F)cc1F. The van der Waals surface area contributed by atoms with Crippen LogP contribution in [0.15, 0.2) is 41.3 Å². The summed E-state index contributed by atoms with van der Waals surface area (Å²) in [4.78, 5) is 11.4. The van der Waals surface area contributed by atoms with E-state index in [1.807, 2.05) is 0 Å². The summed E-state index contributed by atoms with van der Waals surface area (Å²) in [7, 11) is -3.90. The lowest BCUT2D eigenvalue weighted by molar-refractivity contribution is -0.116. The Hall–Kier alpha value is -2.32. The van der Waals surface area contributed by atoms with E-state index in [-0.39, 0.29) is 16.4 Å². The van der Waals surface area contributed by atoms with Crippen molar-refractivity contribution in [3.05, 3.63) is 59.2 Å². The molecule has 2 N–H and O–H groups in total. The highest BCUT2D eigenvalue weighted by Gasteiger charge is 2.23. The van der Waals surface area contributed by atoms with Gasteiger partial charge in [-0.2, -0.15) is 0 Å². The van der Waals surface area contributed by atoms with E-state index < -0.39 is 27.7 Å². The van der Waals surface area contributed by atoms with Crippen LogP contribution in [0.5, 0.6) is 0 Å². The lowest BCUT2D eigenvalue weighted by Gasteiger charge is -2.19. The number of benzene rings is 2. The van der Waals surface area contributed by atoms with Gasteiger partial charge in [-0.15, -0.1) is 0 Å². The molecule has 0 saturated carbocycles. The van der Waals surface area contributed by atoms with Gasteiger partial charge in [-0.25, -0.2) is 21.9 Å². The van der Waals surface area contributed by atoms with Gasteiger partial charge in [0.05, 0.1) is 4.90 Å². The van der Waals surface area contributed by atoms with E-state index in [9.17, 15) is 22.0 Å². The number of hydrogen-bond acceptors (Lipinski definition) is 3. The lowest BCUT2D eigenvalue weighted by Crippen LogP contribution is -2.28. The number of nitrogens with one attached hydrogen (secondary N) is 2. The molecule has 0 aliphatic carbocycles. The molecule has 3 rings (SSSR count). The van der Waals surface area contributed by atoms with E-state index in [1.165, 1.54) is 31.2 Å². The van der Waals surface area contributed by atoms with Crippen molar-refractivity contribution in [1.82, 2.24) is 4.72 Å². The van der Waals surface area contributed by atoms with E-state index in [4.69, 9.17) is 0 Å². The Morgan fingerprint density at radius 1 is 1.12 bits per heavy atom. The highest BCUT2D eigenvalue weighted by Crippen LogP contribution is 2.26. The molecule has 2 aromatic rings. The zero-order valence-corrected chi connectivity index (χ0v) is 14.2. The molecule has 2 aromatic carbocycles. The maximum absolute atomic E-state index is 13.8. The first kappa shape index (κ1) is 17.5. The molecule has 1 aliphatic rings. The second kappa shape index (κ2) is 6.53. The zero-order chi connectivity index (χ0) is 18.2. The number of halogens is 2. The Kier molecular flexibility index (Phi) is 4.57. The predicted molar refractivity (Wildman–Crippen MR) is 88.5 cm³/mol. The monoisotopic (exact) mass is 366 g/mol. The van der Waals surface area contributed by atoms with Crippen molar-refractivity contribution in [2.45, 2.75) is 30.7 Å². The molecule has 8 heteroatoms. The molecule has 25 heavy (non-hydrogen) atoms. The number of aryl methyl sites for hydroxylation is 1. The molecule has 5 nitrogen and oxygen atoms in total. The van der Waals surface area contributed by atoms with Crippen molar-refractivity contribution in [3.8, 4) is 0 Å². The fourth-order valence-electron chi connectivity index (χ4n) is 2.74. The van der Waals surface area contributed by atoms with Gasteiger partial charge >= 0.3 is 0 Å². The molecule has 1 atom stereocenters. The van der Waals surface area contributed by atoms with Crippen LogP contribution in [0.2, 0.25) is 0 Å². The number of sulfonamides is 1. The minimum atomic E-state index is -3.90. The van der Waals surface area contributed by atoms with Crippen LogP contribution < -0.4 is 10.0 Å². The second-order valence-electron chi connectivity index (χ2n) is 5.88. The van der Waals surface area contributed by atoms with Crippen LogP contribution in [-0.4, -0.2) is 14.3 Å². The topological polar surface area (TPSA) is 75.3 Å². The Balaban J connectivity index is 1.85. The Labute approximate surface area is 144 Å². The minimum Gasteiger partial charge on any atom is -0.326 e. The van der Waals surface area contributed by atoms with E-state index in [0.29, 0.717) is 24.6 Å². The molecule has 132 valence electrons. The van der Waals surface area contributed by atoms with Crippen LogP contribution >= 0.6 is 0 Å². The summed E-state index contributed by atoms with van der Waals surface area (Å²) in [6.07, 6.45) is 0.744. The molecule has 1 aliphatic heterocycles. The molecule has 1 amide bonds. The third-order valence-electron chi connectivity index (χ3n) is 4.04. The summed E-state index contributed by atoms with van der Waals surface area (Å²) in [5.41, 5.74) is 1.37. The van der Waals surface area contributed by atoms with Crippen molar-refractivity contribution in [1.29, 1.82) is 0 Å². The van der Waals surface area contributed by atoms with Gasteiger partial charge in [0.2, 0.25) is 15.9 Å². The van der Waals surface area contributed by atoms with Gasteiger partial charge in [-0.3, -0.25) is 4.79 Å². The van der Waals surface area contributed by atoms with Crippen molar-refractivity contribution in [2.75, 3.05) is 5.32 Å². The van der Waals surface area contributed by atoms with Crippen LogP contribution in [0.3, 0.4) is 0 Å². The summed E-state index contributed by atoms with van der Waals surface area (Å²) < 4.78 is 54.3. The van der Waals surface area contributed by atoms with Gasteiger partial charge in [0, 0.05) is 29.8 Å². The molecule has 1 heterocycles. The number of hydrogen-bond donors (Lipinski definition) is 2. The number of fused-ring (bicyclic) bond motifs is 1. The standard InChI is InChI=1S/C17H16F2N2O3S/c1-10(14-5-3-12(18)9-15(14)19)21-25(23,24)13-4-6-16-11(8-13)2-7-17(22)20-16/h3-6,8-10,21H,2,7H2,1H3,(H,20,22)/t10-/m0/s1. The van der Waals surface area contributed by atoms with Gasteiger partial charge in [0.15, 0.2) is 0 Å². The third-order valence-corrected chi connectivity index (χ3v) is 5.58. The smallest absolute Gasteiger partial charge is 0.241 e. The zero-order valence-electron chi connectivity index (χ0n) is 13.3. The first-order valence-corrected chi connectivity index (χ1v) is 9.14. The molecule has 0 saturated heterocycles.